The summed E-state index contributed by atoms with van der Waals surface area (Å²) in [5.74, 6) is 1.52. The molecule has 124 valence electrons. The molecule has 0 radical (unpaired) electrons. The fourth-order valence-electron chi connectivity index (χ4n) is 3.28. The van der Waals surface area contributed by atoms with Crippen LogP contribution in [-0.4, -0.2) is 52.8 Å². The van der Waals surface area contributed by atoms with E-state index in [1.807, 2.05) is 20.2 Å². The molecule has 0 N–H and O–H groups in total. The van der Waals surface area contributed by atoms with Crippen molar-refractivity contribution in [3.63, 3.8) is 0 Å². The van der Waals surface area contributed by atoms with Crippen molar-refractivity contribution in [2.45, 2.75) is 25.7 Å². The average molecular weight is 314 g/mol. The number of nitrogens with zero attached hydrogens (tertiary/aromatic N) is 4. The van der Waals surface area contributed by atoms with Gasteiger partial charge in [0, 0.05) is 38.9 Å². The number of likely N-dealkylation sites (tertiary alicyclic amines) is 1. The van der Waals surface area contributed by atoms with Crippen LogP contribution in [0.2, 0.25) is 0 Å². The van der Waals surface area contributed by atoms with E-state index in [0.29, 0.717) is 5.92 Å². The van der Waals surface area contributed by atoms with Crippen LogP contribution in [0.5, 0.6) is 0 Å². The fraction of sp³-hybridized carbons (Fsp3) is 0.556. The average Bonchev–Trinajstić information content (AvgIpc) is 2.93. The van der Waals surface area contributed by atoms with Gasteiger partial charge in [-0.05, 0) is 38.4 Å². The van der Waals surface area contributed by atoms with E-state index >= 15 is 0 Å². The van der Waals surface area contributed by atoms with Crippen LogP contribution in [0, 0.1) is 6.92 Å². The number of hydrogen-bond acceptors (Lipinski definition) is 4. The van der Waals surface area contributed by atoms with E-state index in [-0.39, 0.29) is 0 Å². The summed E-state index contributed by atoms with van der Waals surface area (Å²) in [4.78, 5) is 11.8. The number of imidazole rings is 1. The molecule has 5 nitrogen and oxygen atoms in total. The molecule has 0 spiro atoms. The number of hydrogen-bond donors (Lipinski definition) is 0. The van der Waals surface area contributed by atoms with Crippen molar-refractivity contribution in [1.82, 2.24) is 19.4 Å². The first-order chi connectivity index (χ1) is 11.2. The van der Waals surface area contributed by atoms with Crippen LogP contribution < -0.4 is 0 Å². The molecule has 3 heterocycles. The first-order valence-electron chi connectivity index (χ1n) is 8.36. The van der Waals surface area contributed by atoms with Gasteiger partial charge in [0.1, 0.15) is 5.82 Å². The maximum absolute atomic E-state index is 5.21. The monoisotopic (exact) mass is 314 g/mol. The summed E-state index contributed by atoms with van der Waals surface area (Å²) in [6.45, 7) is 6.06. The normalized spacial score (nSPS) is 19.2. The highest BCUT2D eigenvalue weighted by atomic mass is 16.5. The van der Waals surface area contributed by atoms with Crippen LogP contribution in [0.15, 0.2) is 24.4 Å². The SMILES string of the molecule is COCCN1CCCC(c2cccc(-c3cnc(C)n3C)n2)C1. The number of ether oxygens (including phenoxy) is 1. The van der Waals surface area contributed by atoms with Gasteiger partial charge in [-0.1, -0.05) is 6.07 Å². The molecule has 1 aliphatic rings. The van der Waals surface area contributed by atoms with Crippen molar-refractivity contribution in [2.24, 2.45) is 7.05 Å². The molecule has 3 rings (SSSR count). The third-order valence-electron chi connectivity index (χ3n) is 4.79. The van der Waals surface area contributed by atoms with Crippen molar-refractivity contribution < 1.29 is 4.74 Å². The maximum Gasteiger partial charge on any atom is 0.105 e. The minimum Gasteiger partial charge on any atom is -0.383 e. The second-order valence-corrected chi connectivity index (χ2v) is 6.33. The van der Waals surface area contributed by atoms with Crippen LogP contribution in [0.25, 0.3) is 11.4 Å². The van der Waals surface area contributed by atoms with Gasteiger partial charge in [0.05, 0.1) is 24.2 Å². The molecule has 0 saturated carbocycles. The highest BCUT2D eigenvalue weighted by Crippen LogP contribution is 2.27. The van der Waals surface area contributed by atoms with E-state index in [2.05, 4.69) is 32.7 Å². The summed E-state index contributed by atoms with van der Waals surface area (Å²) < 4.78 is 7.31. The Morgan fingerprint density at radius 3 is 2.96 bits per heavy atom. The summed E-state index contributed by atoms with van der Waals surface area (Å²) in [7, 11) is 3.81. The minimum absolute atomic E-state index is 0.509. The van der Waals surface area contributed by atoms with E-state index < -0.39 is 0 Å². The van der Waals surface area contributed by atoms with Gasteiger partial charge in [0.2, 0.25) is 0 Å². The van der Waals surface area contributed by atoms with Crippen LogP contribution in [0.1, 0.15) is 30.3 Å². The predicted octanol–water partition coefficient (Wildman–Crippen LogP) is 2.62. The molecule has 2 aromatic rings. The van der Waals surface area contributed by atoms with Gasteiger partial charge >= 0.3 is 0 Å². The van der Waals surface area contributed by atoms with Crippen molar-refractivity contribution >= 4 is 0 Å². The zero-order valence-corrected chi connectivity index (χ0v) is 14.3. The van der Waals surface area contributed by atoms with Crippen molar-refractivity contribution in [3.8, 4) is 11.4 Å². The van der Waals surface area contributed by atoms with E-state index in [0.717, 1.165) is 36.9 Å². The third kappa shape index (κ3) is 3.62. The quantitative estimate of drug-likeness (QED) is 0.851. The number of aromatic nitrogens is 3. The molecule has 2 aromatic heterocycles. The molecule has 0 aliphatic carbocycles. The second-order valence-electron chi connectivity index (χ2n) is 6.33. The molecule has 1 unspecified atom stereocenters. The van der Waals surface area contributed by atoms with Crippen LogP contribution in [0.3, 0.4) is 0 Å². The zero-order chi connectivity index (χ0) is 16.2. The lowest BCUT2D eigenvalue weighted by Gasteiger charge is -2.32. The van der Waals surface area contributed by atoms with Gasteiger partial charge in [-0.2, -0.15) is 0 Å². The van der Waals surface area contributed by atoms with E-state index in [4.69, 9.17) is 9.72 Å². The second kappa shape index (κ2) is 7.23. The Labute approximate surface area is 138 Å². The molecule has 1 aliphatic heterocycles. The Morgan fingerprint density at radius 1 is 1.35 bits per heavy atom. The molecule has 0 amide bonds. The minimum atomic E-state index is 0.509. The standard InChI is InChI=1S/C18H26N4O/c1-14-19-12-18(21(14)2)17-8-4-7-16(20-17)15-6-5-9-22(13-15)10-11-23-3/h4,7-8,12,15H,5-6,9-11,13H2,1-3H3. The zero-order valence-electron chi connectivity index (χ0n) is 14.3. The fourth-order valence-corrected chi connectivity index (χ4v) is 3.28. The van der Waals surface area contributed by atoms with E-state index in [1.165, 1.54) is 25.1 Å². The molecule has 1 saturated heterocycles. The molecule has 5 heteroatoms. The predicted molar refractivity (Wildman–Crippen MR) is 91.5 cm³/mol. The Bertz CT molecular complexity index is 652. The van der Waals surface area contributed by atoms with Crippen LogP contribution >= 0.6 is 0 Å². The first kappa shape index (κ1) is 16.1. The number of methoxy groups -OCH3 is 1. The van der Waals surface area contributed by atoms with Gasteiger partial charge < -0.3 is 14.2 Å². The Morgan fingerprint density at radius 2 is 2.22 bits per heavy atom. The molecule has 0 bridgehead atoms. The molecular formula is C18H26N4O. The summed E-state index contributed by atoms with van der Waals surface area (Å²) in [6, 6.07) is 6.36. The molecular weight excluding hydrogens is 288 g/mol. The van der Waals surface area contributed by atoms with E-state index in [1.54, 1.807) is 7.11 Å². The molecule has 23 heavy (non-hydrogen) atoms. The molecule has 1 fully saturated rings. The van der Waals surface area contributed by atoms with Gasteiger partial charge in [0.15, 0.2) is 0 Å². The Hall–Kier alpha value is -1.72. The topological polar surface area (TPSA) is 43.2 Å². The third-order valence-corrected chi connectivity index (χ3v) is 4.79. The Kier molecular flexibility index (Phi) is 5.08. The highest BCUT2D eigenvalue weighted by molar-refractivity contribution is 5.54. The van der Waals surface area contributed by atoms with Crippen molar-refractivity contribution in [2.75, 3.05) is 33.4 Å². The number of rotatable bonds is 5. The van der Waals surface area contributed by atoms with Crippen LogP contribution in [0.4, 0.5) is 0 Å². The van der Waals surface area contributed by atoms with Crippen LogP contribution in [-0.2, 0) is 11.8 Å². The lowest BCUT2D eigenvalue weighted by atomic mass is 9.94. The maximum atomic E-state index is 5.21. The Balaban J connectivity index is 1.78. The van der Waals surface area contributed by atoms with Crippen molar-refractivity contribution in [1.29, 1.82) is 0 Å². The summed E-state index contributed by atoms with van der Waals surface area (Å²) >= 11 is 0. The number of pyridine rings is 1. The smallest absolute Gasteiger partial charge is 0.105 e. The summed E-state index contributed by atoms with van der Waals surface area (Å²) in [5, 5.41) is 0. The highest BCUT2D eigenvalue weighted by Gasteiger charge is 2.22. The number of aryl methyl sites for hydroxylation is 1. The largest absolute Gasteiger partial charge is 0.383 e. The summed E-state index contributed by atoms with van der Waals surface area (Å²) in [5.41, 5.74) is 3.29. The van der Waals surface area contributed by atoms with E-state index in [9.17, 15) is 0 Å². The van der Waals surface area contributed by atoms with Gasteiger partial charge in [-0.3, -0.25) is 4.98 Å². The number of piperidine rings is 1. The summed E-state index contributed by atoms with van der Waals surface area (Å²) in [6.07, 6.45) is 4.35. The molecule has 1 atom stereocenters. The van der Waals surface area contributed by atoms with Gasteiger partial charge in [-0.15, -0.1) is 0 Å². The molecule has 0 aromatic carbocycles. The lowest BCUT2D eigenvalue weighted by Crippen LogP contribution is -2.36. The van der Waals surface area contributed by atoms with Gasteiger partial charge in [-0.25, -0.2) is 4.98 Å². The van der Waals surface area contributed by atoms with Crippen molar-refractivity contribution in [3.05, 3.63) is 35.9 Å². The van der Waals surface area contributed by atoms with Gasteiger partial charge in [0.25, 0.3) is 0 Å². The first-order valence-corrected chi connectivity index (χ1v) is 8.36. The lowest BCUT2D eigenvalue weighted by molar-refractivity contribution is 0.127.